The summed E-state index contributed by atoms with van der Waals surface area (Å²) in [5, 5.41) is 0. The van der Waals surface area contributed by atoms with Crippen LogP contribution in [0.15, 0.2) is 18.2 Å². The Bertz CT molecular complexity index is 416. The molecular formula is C17H27NO3. The minimum atomic E-state index is 0.656. The fourth-order valence-electron chi connectivity index (χ4n) is 2.70. The Morgan fingerprint density at radius 1 is 1.24 bits per heavy atom. The van der Waals surface area contributed by atoms with E-state index in [0.29, 0.717) is 13.2 Å². The molecule has 0 spiro atoms. The second-order valence-corrected chi connectivity index (χ2v) is 5.37. The number of hydrogen-bond donors (Lipinski definition) is 0. The molecule has 0 atom stereocenters. The Labute approximate surface area is 128 Å². The molecular weight excluding hydrogens is 266 g/mol. The zero-order chi connectivity index (χ0) is 14.9. The largest absolute Gasteiger partial charge is 0.494 e. The van der Waals surface area contributed by atoms with Gasteiger partial charge in [0.25, 0.3) is 0 Å². The number of morpholine rings is 1. The van der Waals surface area contributed by atoms with Gasteiger partial charge in [-0.15, -0.1) is 0 Å². The maximum atomic E-state index is 5.74. The first-order chi connectivity index (χ1) is 10.3. The Balaban J connectivity index is 1.90. The van der Waals surface area contributed by atoms with E-state index >= 15 is 0 Å². The molecule has 2 rings (SSSR count). The molecule has 1 aromatic carbocycles. The van der Waals surface area contributed by atoms with Crippen LogP contribution in [0.5, 0.6) is 5.75 Å². The predicted octanol–water partition coefficient (Wildman–Crippen LogP) is 2.50. The van der Waals surface area contributed by atoms with E-state index in [1.54, 1.807) is 7.11 Å². The van der Waals surface area contributed by atoms with E-state index in [4.69, 9.17) is 14.2 Å². The molecule has 1 saturated heterocycles. The lowest BCUT2D eigenvalue weighted by molar-refractivity contribution is 0.0374. The number of rotatable bonds is 8. The molecule has 118 valence electrons. The van der Waals surface area contributed by atoms with Gasteiger partial charge in [0.1, 0.15) is 5.75 Å². The molecule has 4 nitrogen and oxygen atoms in total. The van der Waals surface area contributed by atoms with Gasteiger partial charge in [0.2, 0.25) is 0 Å². The van der Waals surface area contributed by atoms with Gasteiger partial charge in [0.15, 0.2) is 0 Å². The zero-order valence-electron chi connectivity index (χ0n) is 13.3. The van der Waals surface area contributed by atoms with E-state index in [-0.39, 0.29) is 0 Å². The summed E-state index contributed by atoms with van der Waals surface area (Å²) in [5.41, 5.74) is 2.50. The molecule has 0 bridgehead atoms. The van der Waals surface area contributed by atoms with E-state index in [9.17, 15) is 0 Å². The minimum absolute atomic E-state index is 0.656. The molecule has 1 aliphatic rings. The summed E-state index contributed by atoms with van der Waals surface area (Å²) in [7, 11) is 1.73. The standard InChI is InChI=1S/C17H27NO3/c1-3-21-17-7-6-15(14-19-2)13-16(17)5-4-8-18-9-11-20-12-10-18/h6-7,13H,3-5,8-12,14H2,1-2H3. The van der Waals surface area contributed by atoms with E-state index in [1.165, 1.54) is 11.1 Å². The summed E-state index contributed by atoms with van der Waals surface area (Å²) in [6, 6.07) is 6.37. The van der Waals surface area contributed by atoms with E-state index in [0.717, 1.165) is 51.4 Å². The van der Waals surface area contributed by atoms with Crippen LogP contribution in [-0.2, 0) is 22.5 Å². The number of aryl methyl sites for hydroxylation is 1. The van der Waals surface area contributed by atoms with Crippen LogP contribution in [0.3, 0.4) is 0 Å². The van der Waals surface area contributed by atoms with Crippen molar-refractivity contribution in [3.05, 3.63) is 29.3 Å². The van der Waals surface area contributed by atoms with Crippen molar-refractivity contribution in [2.45, 2.75) is 26.4 Å². The lowest BCUT2D eigenvalue weighted by Gasteiger charge is -2.26. The smallest absolute Gasteiger partial charge is 0.122 e. The average molecular weight is 293 g/mol. The summed E-state index contributed by atoms with van der Waals surface area (Å²) in [6.07, 6.45) is 2.20. The van der Waals surface area contributed by atoms with E-state index in [1.807, 2.05) is 6.92 Å². The number of ether oxygens (including phenoxy) is 3. The number of hydrogen-bond acceptors (Lipinski definition) is 4. The van der Waals surface area contributed by atoms with Crippen LogP contribution in [0.25, 0.3) is 0 Å². The molecule has 1 aromatic rings. The van der Waals surface area contributed by atoms with Crippen LogP contribution in [0, 0.1) is 0 Å². The molecule has 0 N–H and O–H groups in total. The predicted molar refractivity (Wildman–Crippen MR) is 83.9 cm³/mol. The Hall–Kier alpha value is -1.10. The minimum Gasteiger partial charge on any atom is -0.494 e. The summed E-state index contributed by atoms with van der Waals surface area (Å²) < 4.78 is 16.3. The molecule has 1 aliphatic heterocycles. The normalized spacial score (nSPS) is 16.1. The number of benzene rings is 1. The van der Waals surface area contributed by atoms with Crippen LogP contribution in [0.1, 0.15) is 24.5 Å². The van der Waals surface area contributed by atoms with Crippen molar-refractivity contribution in [1.29, 1.82) is 0 Å². The van der Waals surface area contributed by atoms with Gasteiger partial charge in [0.05, 0.1) is 26.4 Å². The summed E-state index contributed by atoms with van der Waals surface area (Å²) >= 11 is 0. The quantitative estimate of drug-likeness (QED) is 0.737. The van der Waals surface area contributed by atoms with E-state index < -0.39 is 0 Å². The van der Waals surface area contributed by atoms with Crippen molar-refractivity contribution >= 4 is 0 Å². The monoisotopic (exact) mass is 293 g/mol. The van der Waals surface area contributed by atoms with Gasteiger partial charge in [-0.25, -0.2) is 0 Å². The SMILES string of the molecule is CCOc1ccc(COC)cc1CCCN1CCOCC1. The van der Waals surface area contributed by atoms with Gasteiger partial charge >= 0.3 is 0 Å². The average Bonchev–Trinajstić information content (AvgIpc) is 2.51. The zero-order valence-corrected chi connectivity index (χ0v) is 13.3. The molecule has 1 fully saturated rings. The highest BCUT2D eigenvalue weighted by Crippen LogP contribution is 2.22. The molecule has 0 saturated carbocycles. The highest BCUT2D eigenvalue weighted by molar-refractivity contribution is 5.37. The Morgan fingerprint density at radius 2 is 2.05 bits per heavy atom. The van der Waals surface area contributed by atoms with Crippen molar-refractivity contribution in [3.63, 3.8) is 0 Å². The van der Waals surface area contributed by atoms with Gasteiger partial charge in [0, 0.05) is 20.2 Å². The maximum Gasteiger partial charge on any atom is 0.122 e. The van der Waals surface area contributed by atoms with Crippen molar-refractivity contribution in [2.24, 2.45) is 0 Å². The number of methoxy groups -OCH3 is 1. The fourth-order valence-corrected chi connectivity index (χ4v) is 2.70. The van der Waals surface area contributed by atoms with E-state index in [2.05, 4.69) is 23.1 Å². The lowest BCUT2D eigenvalue weighted by atomic mass is 10.0. The molecule has 21 heavy (non-hydrogen) atoms. The van der Waals surface area contributed by atoms with Crippen LogP contribution < -0.4 is 4.74 Å². The topological polar surface area (TPSA) is 30.9 Å². The second kappa shape index (κ2) is 9.03. The highest BCUT2D eigenvalue weighted by Gasteiger charge is 2.11. The third kappa shape index (κ3) is 5.30. The van der Waals surface area contributed by atoms with Crippen molar-refractivity contribution in [2.75, 3.05) is 46.6 Å². The van der Waals surface area contributed by atoms with Gasteiger partial charge in [-0.05, 0) is 49.6 Å². The summed E-state index contributed by atoms with van der Waals surface area (Å²) in [6.45, 7) is 8.37. The molecule has 0 aliphatic carbocycles. The van der Waals surface area contributed by atoms with Gasteiger partial charge < -0.3 is 14.2 Å². The maximum absolute atomic E-state index is 5.74. The molecule has 0 aromatic heterocycles. The van der Waals surface area contributed by atoms with Gasteiger partial charge in [-0.3, -0.25) is 4.90 Å². The Kier molecular flexibility index (Phi) is 7.00. The number of nitrogens with zero attached hydrogens (tertiary/aromatic N) is 1. The first-order valence-electron chi connectivity index (χ1n) is 7.87. The lowest BCUT2D eigenvalue weighted by Crippen LogP contribution is -2.36. The third-order valence-corrected chi connectivity index (χ3v) is 3.76. The molecule has 1 heterocycles. The second-order valence-electron chi connectivity index (χ2n) is 5.37. The fraction of sp³-hybridized carbons (Fsp3) is 0.647. The summed E-state index contributed by atoms with van der Waals surface area (Å²) in [5.74, 6) is 1.01. The highest BCUT2D eigenvalue weighted by atomic mass is 16.5. The molecule has 0 unspecified atom stereocenters. The van der Waals surface area contributed by atoms with Crippen molar-refractivity contribution < 1.29 is 14.2 Å². The van der Waals surface area contributed by atoms with Crippen molar-refractivity contribution in [1.82, 2.24) is 4.90 Å². The van der Waals surface area contributed by atoms with Crippen LogP contribution in [0.4, 0.5) is 0 Å². The van der Waals surface area contributed by atoms with Gasteiger partial charge in [-0.2, -0.15) is 0 Å². The van der Waals surface area contributed by atoms with Gasteiger partial charge in [-0.1, -0.05) is 6.07 Å². The first-order valence-corrected chi connectivity index (χ1v) is 7.87. The van der Waals surface area contributed by atoms with Crippen LogP contribution in [-0.4, -0.2) is 51.5 Å². The van der Waals surface area contributed by atoms with Crippen LogP contribution >= 0.6 is 0 Å². The molecule has 0 amide bonds. The molecule has 4 heteroatoms. The Morgan fingerprint density at radius 3 is 2.76 bits per heavy atom. The van der Waals surface area contributed by atoms with Crippen molar-refractivity contribution in [3.8, 4) is 5.75 Å². The molecule has 0 radical (unpaired) electrons. The van der Waals surface area contributed by atoms with Crippen LogP contribution in [0.2, 0.25) is 0 Å². The first kappa shape index (κ1) is 16.3. The summed E-state index contributed by atoms with van der Waals surface area (Å²) in [4.78, 5) is 2.48. The third-order valence-electron chi connectivity index (χ3n) is 3.76.